The van der Waals surface area contributed by atoms with Crippen molar-refractivity contribution in [3.8, 4) is 5.75 Å². The van der Waals surface area contributed by atoms with E-state index in [2.05, 4.69) is 47.3 Å². The van der Waals surface area contributed by atoms with Crippen LogP contribution in [0.2, 0.25) is 0 Å². The summed E-state index contributed by atoms with van der Waals surface area (Å²) in [7, 11) is 1.62. The third kappa shape index (κ3) is 6.27. The number of likely N-dealkylation sites (tertiary alicyclic amines) is 1. The molecule has 0 unspecified atom stereocenters. The van der Waals surface area contributed by atoms with Crippen LogP contribution in [0.25, 0.3) is 0 Å². The number of benzene rings is 2. The van der Waals surface area contributed by atoms with Gasteiger partial charge in [-0.05, 0) is 56.9 Å². The van der Waals surface area contributed by atoms with Crippen LogP contribution in [-0.4, -0.2) is 46.9 Å². The Labute approximate surface area is 212 Å². The van der Waals surface area contributed by atoms with Gasteiger partial charge in [-0.25, -0.2) is 9.97 Å². The molecule has 0 atom stereocenters. The monoisotopic (exact) mass is 486 g/mol. The van der Waals surface area contributed by atoms with Crippen molar-refractivity contribution in [2.24, 2.45) is 0 Å². The van der Waals surface area contributed by atoms with Crippen molar-refractivity contribution >= 4 is 11.8 Å². The number of methoxy groups -OCH3 is 1. The predicted molar refractivity (Wildman–Crippen MR) is 139 cm³/mol. The molecule has 1 aliphatic heterocycles. The van der Waals surface area contributed by atoms with Crippen LogP contribution in [-0.2, 0) is 17.8 Å². The third-order valence-electron chi connectivity index (χ3n) is 6.64. The highest BCUT2D eigenvalue weighted by molar-refractivity contribution is 5.95. The second-order valence-corrected chi connectivity index (χ2v) is 9.58. The van der Waals surface area contributed by atoms with E-state index in [9.17, 15) is 9.59 Å². The summed E-state index contributed by atoms with van der Waals surface area (Å²) in [6.45, 7) is 7.68. The Hall–Kier alpha value is -3.74. The Morgan fingerprint density at radius 2 is 1.75 bits per heavy atom. The molecule has 3 aromatic rings. The normalized spacial score (nSPS) is 13.9. The molecule has 7 nitrogen and oxygen atoms in total. The Bertz CT molecular complexity index is 1230. The number of rotatable bonds is 7. The van der Waals surface area contributed by atoms with Gasteiger partial charge in [0.05, 0.1) is 24.8 Å². The summed E-state index contributed by atoms with van der Waals surface area (Å²) >= 11 is 0. The molecule has 36 heavy (non-hydrogen) atoms. The number of piperidine rings is 1. The highest BCUT2D eigenvalue weighted by Gasteiger charge is 2.28. The van der Waals surface area contributed by atoms with Crippen molar-refractivity contribution in [2.75, 3.05) is 20.2 Å². The van der Waals surface area contributed by atoms with Gasteiger partial charge in [0.2, 0.25) is 5.91 Å². The number of nitrogens with zero attached hydrogens (tertiary/aromatic N) is 3. The van der Waals surface area contributed by atoms with E-state index in [4.69, 9.17) is 4.74 Å². The smallest absolute Gasteiger partial charge is 0.254 e. The number of hydrogen-bond donors (Lipinski definition) is 1. The van der Waals surface area contributed by atoms with E-state index in [1.165, 1.54) is 11.1 Å². The Morgan fingerprint density at radius 1 is 1.03 bits per heavy atom. The maximum Gasteiger partial charge on any atom is 0.254 e. The maximum absolute atomic E-state index is 13.1. The van der Waals surface area contributed by atoms with E-state index in [0.29, 0.717) is 37.4 Å². The van der Waals surface area contributed by atoms with E-state index in [0.717, 1.165) is 35.4 Å². The van der Waals surface area contributed by atoms with Crippen molar-refractivity contribution in [2.45, 2.75) is 52.5 Å². The zero-order chi connectivity index (χ0) is 25.7. The van der Waals surface area contributed by atoms with Gasteiger partial charge in [-0.1, -0.05) is 41.5 Å². The van der Waals surface area contributed by atoms with Crippen LogP contribution in [0.15, 0.2) is 48.7 Å². The number of ether oxygens (including phenoxy) is 1. The molecule has 0 aliphatic carbocycles. The van der Waals surface area contributed by atoms with Crippen molar-refractivity contribution in [1.82, 2.24) is 20.2 Å². The van der Waals surface area contributed by atoms with Crippen LogP contribution >= 0.6 is 0 Å². The molecular weight excluding hydrogens is 452 g/mol. The van der Waals surface area contributed by atoms with Crippen molar-refractivity contribution in [3.05, 3.63) is 88.0 Å². The SMILES string of the molecule is COc1cccc(CC(=O)N2CCC(c3nc(C)ncc3C(=O)NCc3cc(C)cc(C)c3)CC2)c1. The minimum Gasteiger partial charge on any atom is -0.497 e. The first-order chi connectivity index (χ1) is 17.3. The second-order valence-electron chi connectivity index (χ2n) is 9.58. The molecule has 1 fully saturated rings. The minimum absolute atomic E-state index is 0.104. The van der Waals surface area contributed by atoms with E-state index in [1.807, 2.05) is 36.1 Å². The summed E-state index contributed by atoms with van der Waals surface area (Å²) < 4.78 is 5.27. The zero-order valence-corrected chi connectivity index (χ0v) is 21.5. The zero-order valence-electron chi connectivity index (χ0n) is 21.5. The number of carbonyl (C=O) groups excluding carboxylic acids is 2. The predicted octanol–water partition coefficient (Wildman–Crippen LogP) is 4.29. The van der Waals surface area contributed by atoms with Crippen LogP contribution in [0, 0.1) is 20.8 Å². The number of nitrogens with one attached hydrogen (secondary N) is 1. The number of amides is 2. The molecule has 0 saturated carbocycles. The van der Waals surface area contributed by atoms with Gasteiger partial charge in [0.15, 0.2) is 0 Å². The van der Waals surface area contributed by atoms with Crippen molar-refractivity contribution in [1.29, 1.82) is 0 Å². The summed E-state index contributed by atoms with van der Waals surface area (Å²) in [5.41, 5.74) is 5.65. The molecule has 2 aromatic carbocycles. The highest BCUT2D eigenvalue weighted by atomic mass is 16.5. The highest BCUT2D eigenvalue weighted by Crippen LogP contribution is 2.29. The Morgan fingerprint density at radius 3 is 2.44 bits per heavy atom. The van der Waals surface area contributed by atoms with Gasteiger partial charge in [0.25, 0.3) is 5.91 Å². The quantitative estimate of drug-likeness (QED) is 0.539. The molecule has 2 heterocycles. The fraction of sp³-hybridized carbons (Fsp3) is 0.379. The summed E-state index contributed by atoms with van der Waals surface area (Å²) in [6, 6.07) is 13.9. The molecule has 0 spiro atoms. The lowest BCUT2D eigenvalue weighted by atomic mass is 9.90. The first-order valence-corrected chi connectivity index (χ1v) is 12.4. The first kappa shape index (κ1) is 25.4. The van der Waals surface area contributed by atoms with Gasteiger partial charge in [-0.2, -0.15) is 0 Å². The third-order valence-corrected chi connectivity index (χ3v) is 6.64. The second kappa shape index (κ2) is 11.3. The summed E-state index contributed by atoms with van der Waals surface area (Å²) in [4.78, 5) is 36.9. The molecule has 188 valence electrons. The van der Waals surface area contributed by atoms with Crippen LogP contribution in [0.4, 0.5) is 0 Å². The van der Waals surface area contributed by atoms with Gasteiger partial charge in [-0.3, -0.25) is 9.59 Å². The fourth-order valence-corrected chi connectivity index (χ4v) is 4.89. The molecule has 7 heteroatoms. The van der Waals surface area contributed by atoms with Crippen molar-refractivity contribution in [3.63, 3.8) is 0 Å². The Kier molecular flexibility index (Phi) is 7.98. The van der Waals surface area contributed by atoms with Gasteiger partial charge in [0.1, 0.15) is 11.6 Å². The van der Waals surface area contributed by atoms with E-state index in [-0.39, 0.29) is 17.7 Å². The lowest BCUT2D eigenvalue weighted by Crippen LogP contribution is -2.39. The van der Waals surface area contributed by atoms with Crippen LogP contribution in [0.5, 0.6) is 5.75 Å². The summed E-state index contributed by atoms with van der Waals surface area (Å²) in [5, 5.41) is 3.04. The lowest BCUT2D eigenvalue weighted by molar-refractivity contribution is -0.131. The van der Waals surface area contributed by atoms with Crippen molar-refractivity contribution < 1.29 is 14.3 Å². The number of aromatic nitrogens is 2. The van der Waals surface area contributed by atoms with Crippen LogP contribution in [0.3, 0.4) is 0 Å². The number of carbonyl (C=O) groups is 2. The number of hydrogen-bond acceptors (Lipinski definition) is 5. The van der Waals surface area contributed by atoms with Gasteiger partial charge >= 0.3 is 0 Å². The molecule has 4 rings (SSSR count). The average molecular weight is 487 g/mol. The van der Waals surface area contributed by atoms with E-state index in [1.54, 1.807) is 13.3 Å². The molecule has 0 bridgehead atoms. The molecule has 2 amide bonds. The average Bonchev–Trinajstić information content (AvgIpc) is 2.87. The standard InChI is InChI=1S/C29H34N4O3/c1-19-12-20(2)14-23(13-19)17-31-29(35)26-18-30-21(3)32-28(26)24-8-10-33(11-9-24)27(34)16-22-6-5-7-25(15-22)36-4/h5-7,12-15,18,24H,8-11,16-17H2,1-4H3,(H,31,35). The van der Waals surface area contributed by atoms with E-state index < -0.39 is 0 Å². The topological polar surface area (TPSA) is 84.4 Å². The van der Waals surface area contributed by atoms with Gasteiger partial charge < -0.3 is 15.0 Å². The van der Waals surface area contributed by atoms with Gasteiger partial charge in [-0.15, -0.1) is 0 Å². The Balaban J connectivity index is 1.40. The minimum atomic E-state index is -0.166. The molecule has 1 N–H and O–H groups in total. The fourth-order valence-electron chi connectivity index (χ4n) is 4.89. The number of aryl methyl sites for hydroxylation is 3. The maximum atomic E-state index is 13.1. The van der Waals surface area contributed by atoms with E-state index >= 15 is 0 Å². The lowest BCUT2D eigenvalue weighted by Gasteiger charge is -2.32. The summed E-state index contributed by atoms with van der Waals surface area (Å²) in [5.74, 6) is 1.44. The first-order valence-electron chi connectivity index (χ1n) is 12.4. The molecule has 1 aliphatic rings. The molecule has 1 aromatic heterocycles. The van der Waals surface area contributed by atoms with Crippen LogP contribution in [0.1, 0.15) is 62.9 Å². The largest absolute Gasteiger partial charge is 0.497 e. The molecule has 0 radical (unpaired) electrons. The van der Waals surface area contributed by atoms with Gasteiger partial charge in [0, 0.05) is 31.7 Å². The summed E-state index contributed by atoms with van der Waals surface area (Å²) in [6.07, 6.45) is 3.50. The molecule has 1 saturated heterocycles. The van der Waals surface area contributed by atoms with Crippen LogP contribution < -0.4 is 10.1 Å². The molecular formula is C29H34N4O3.